The second-order valence-corrected chi connectivity index (χ2v) is 5.32. The average Bonchev–Trinajstić information content (AvgIpc) is 2.72. The fourth-order valence-corrected chi connectivity index (χ4v) is 2.53. The highest BCUT2D eigenvalue weighted by Crippen LogP contribution is 2.29. The number of aromatic nitrogens is 2. The number of nitrogens with one attached hydrogen (secondary N) is 1. The van der Waals surface area contributed by atoms with Gasteiger partial charge in [0.1, 0.15) is 5.82 Å². The number of halogens is 2. The van der Waals surface area contributed by atoms with Crippen LogP contribution in [-0.4, -0.2) is 16.3 Å². The van der Waals surface area contributed by atoms with Crippen LogP contribution in [0.25, 0.3) is 0 Å². The molecule has 1 N–H and O–H groups in total. The molecule has 0 amide bonds. The minimum atomic E-state index is -0.296. The molecule has 0 aliphatic carbocycles. The number of hydrogen-bond acceptors (Lipinski definition) is 2. The predicted octanol–water partition coefficient (Wildman–Crippen LogP) is 3.61. The Morgan fingerprint density at radius 1 is 1.45 bits per heavy atom. The minimum absolute atomic E-state index is 0.226. The number of hydrogen-bond donors (Lipinski definition) is 1. The Bertz CT molecular complexity index is 575. The van der Waals surface area contributed by atoms with Crippen LogP contribution in [0, 0.1) is 12.7 Å². The molecule has 108 valence electrons. The summed E-state index contributed by atoms with van der Waals surface area (Å²) in [4.78, 5) is 0. The molecule has 1 aromatic heterocycles. The molecule has 0 radical (unpaired) electrons. The van der Waals surface area contributed by atoms with Gasteiger partial charge in [-0.3, -0.25) is 4.68 Å². The zero-order chi connectivity index (χ0) is 14.7. The van der Waals surface area contributed by atoms with E-state index in [9.17, 15) is 4.39 Å². The molecular weight excluding hydrogens is 277 g/mol. The topological polar surface area (TPSA) is 29.9 Å². The molecule has 1 atom stereocenters. The van der Waals surface area contributed by atoms with Crippen LogP contribution in [0.5, 0.6) is 0 Å². The van der Waals surface area contributed by atoms with E-state index in [1.165, 1.54) is 0 Å². The van der Waals surface area contributed by atoms with E-state index in [4.69, 9.17) is 11.6 Å². The highest BCUT2D eigenvalue weighted by molar-refractivity contribution is 6.31. The van der Waals surface area contributed by atoms with Gasteiger partial charge < -0.3 is 5.32 Å². The highest BCUT2D eigenvalue weighted by atomic mass is 35.5. The lowest BCUT2D eigenvalue weighted by atomic mass is 10.0. The molecule has 0 aliphatic heterocycles. The molecule has 0 spiro atoms. The number of rotatable bonds is 5. The van der Waals surface area contributed by atoms with Crippen molar-refractivity contribution >= 4 is 11.6 Å². The third-order valence-electron chi connectivity index (χ3n) is 3.28. The summed E-state index contributed by atoms with van der Waals surface area (Å²) in [6.07, 6.45) is 2.54. The molecule has 2 aromatic rings. The fourth-order valence-electron chi connectivity index (χ4n) is 2.25. The maximum Gasteiger partial charge on any atom is 0.128 e. The summed E-state index contributed by atoms with van der Waals surface area (Å²) >= 11 is 6.21. The maximum absolute atomic E-state index is 14.3. The van der Waals surface area contributed by atoms with E-state index < -0.39 is 0 Å². The summed E-state index contributed by atoms with van der Waals surface area (Å²) in [5.74, 6) is -0.226. The SMILES string of the molecule is CCCNC(c1ccc(C)cc1F)c1c(Cl)cnn1C. The molecule has 20 heavy (non-hydrogen) atoms. The predicted molar refractivity (Wildman–Crippen MR) is 79.5 cm³/mol. The van der Waals surface area contributed by atoms with Gasteiger partial charge in [0.05, 0.1) is 23.0 Å². The zero-order valence-electron chi connectivity index (χ0n) is 12.0. The van der Waals surface area contributed by atoms with Crippen LogP contribution in [0.4, 0.5) is 4.39 Å². The molecular formula is C15H19ClFN3. The van der Waals surface area contributed by atoms with Gasteiger partial charge in [-0.15, -0.1) is 0 Å². The van der Waals surface area contributed by atoms with Crippen molar-refractivity contribution in [2.24, 2.45) is 7.05 Å². The fraction of sp³-hybridized carbons (Fsp3) is 0.400. The molecule has 0 saturated carbocycles. The highest BCUT2D eigenvalue weighted by Gasteiger charge is 2.23. The van der Waals surface area contributed by atoms with E-state index in [2.05, 4.69) is 17.3 Å². The Labute approximate surface area is 123 Å². The van der Waals surface area contributed by atoms with E-state index in [0.29, 0.717) is 10.6 Å². The smallest absolute Gasteiger partial charge is 0.128 e. The summed E-state index contributed by atoms with van der Waals surface area (Å²) in [7, 11) is 1.81. The van der Waals surface area contributed by atoms with Gasteiger partial charge in [-0.1, -0.05) is 30.7 Å². The van der Waals surface area contributed by atoms with Crippen LogP contribution in [0.3, 0.4) is 0 Å². The normalized spacial score (nSPS) is 12.7. The van der Waals surface area contributed by atoms with Gasteiger partial charge in [0, 0.05) is 12.6 Å². The molecule has 0 aliphatic rings. The standard InChI is InChI=1S/C15H19ClFN3/c1-4-7-18-14(15-12(16)9-19-20(15)3)11-6-5-10(2)8-13(11)17/h5-6,8-9,14,18H,4,7H2,1-3H3. The summed E-state index contributed by atoms with van der Waals surface area (Å²) in [6, 6.07) is 4.96. The summed E-state index contributed by atoms with van der Waals surface area (Å²) in [5, 5.41) is 8.03. The third-order valence-corrected chi connectivity index (χ3v) is 3.57. The third kappa shape index (κ3) is 3.02. The van der Waals surface area contributed by atoms with Crippen molar-refractivity contribution in [2.45, 2.75) is 26.3 Å². The van der Waals surface area contributed by atoms with Gasteiger partial charge in [0.25, 0.3) is 0 Å². The molecule has 0 bridgehead atoms. The van der Waals surface area contributed by atoms with Crippen LogP contribution >= 0.6 is 11.6 Å². The summed E-state index contributed by atoms with van der Waals surface area (Å²) in [6.45, 7) is 4.72. The lowest BCUT2D eigenvalue weighted by Crippen LogP contribution is -2.26. The van der Waals surface area contributed by atoms with E-state index in [1.54, 1.807) is 23.0 Å². The largest absolute Gasteiger partial charge is 0.305 e. The van der Waals surface area contributed by atoms with Crippen LogP contribution in [0.1, 0.15) is 36.2 Å². The van der Waals surface area contributed by atoms with E-state index in [-0.39, 0.29) is 11.9 Å². The Kier molecular flexibility index (Phi) is 4.78. The molecule has 0 saturated heterocycles. The molecule has 0 fully saturated rings. The molecule has 5 heteroatoms. The van der Waals surface area contributed by atoms with Crippen molar-refractivity contribution < 1.29 is 4.39 Å². The van der Waals surface area contributed by atoms with Gasteiger partial charge in [0.2, 0.25) is 0 Å². The first-order valence-corrected chi connectivity index (χ1v) is 7.09. The molecule has 1 unspecified atom stereocenters. The summed E-state index contributed by atoms with van der Waals surface area (Å²) < 4.78 is 16.0. The quantitative estimate of drug-likeness (QED) is 0.913. The van der Waals surface area contributed by atoms with Crippen molar-refractivity contribution in [2.75, 3.05) is 6.54 Å². The van der Waals surface area contributed by atoms with Crippen LogP contribution < -0.4 is 5.32 Å². The Balaban J connectivity index is 2.47. The van der Waals surface area contributed by atoms with E-state index in [0.717, 1.165) is 24.2 Å². The minimum Gasteiger partial charge on any atom is -0.305 e. The monoisotopic (exact) mass is 295 g/mol. The molecule has 3 nitrogen and oxygen atoms in total. The lowest BCUT2D eigenvalue weighted by Gasteiger charge is -2.20. The number of aryl methyl sites for hydroxylation is 2. The lowest BCUT2D eigenvalue weighted by molar-refractivity contribution is 0.520. The first kappa shape index (κ1) is 15.0. The second-order valence-electron chi connectivity index (χ2n) is 4.91. The Morgan fingerprint density at radius 3 is 2.75 bits per heavy atom. The molecule has 2 rings (SSSR count). The number of nitrogens with zero attached hydrogens (tertiary/aromatic N) is 2. The van der Waals surface area contributed by atoms with Gasteiger partial charge in [-0.25, -0.2) is 4.39 Å². The van der Waals surface area contributed by atoms with E-state index >= 15 is 0 Å². The average molecular weight is 296 g/mol. The van der Waals surface area contributed by atoms with Gasteiger partial charge >= 0.3 is 0 Å². The Morgan fingerprint density at radius 2 is 2.20 bits per heavy atom. The maximum atomic E-state index is 14.3. The zero-order valence-corrected chi connectivity index (χ0v) is 12.7. The van der Waals surface area contributed by atoms with Crippen LogP contribution in [0.15, 0.2) is 24.4 Å². The second kappa shape index (κ2) is 6.37. The summed E-state index contributed by atoms with van der Waals surface area (Å²) in [5.41, 5.74) is 2.27. The van der Waals surface area contributed by atoms with Crippen molar-refractivity contribution in [1.29, 1.82) is 0 Å². The van der Waals surface area contributed by atoms with Gasteiger partial charge in [0.15, 0.2) is 0 Å². The van der Waals surface area contributed by atoms with Crippen LogP contribution in [0.2, 0.25) is 5.02 Å². The molecule has 1 heterocycles. The van der Waals surface area contributed by atoms with Gasteiger partial charge in [-0.2, -0.15) is 5.10 Å². The number of benzene rings is 1. The first-order valence-electron chi connectivity index (χ1n) is 6.71. The molecule has 1 aromatic carbocycles. The van der Waals surface area contributed by atoms with Crippen molar-refractivity contribution in [3.63, 3.8) is 0 Å². The Hall–Kier alpha value is -1.39. The van der Waals surface area contributed by atoms with Crippen molar-refractivity contribution in [3.8, 4) is 0 Å². The van der Waals surface area contributed by atoms with E-state index in [1.807, 2.05) is 20.0 Å². The first-order chi connectivity index (χ1) is 9.54. The van der Waals surface area contributed by atoms with Crippen molar-refractivity contribution in [3.05, 3.63) is 52.1 Å². The van der Waals surface area contributed by atoms with Gasteiger partial charge in [-0.05, 0) is 31.5 Å². The van der Waals surface area contributed by atoms with Crippen molar-refractivity contribution in [1.82, 2.24) is 15.1 Å². The van der Waals surface area contributed by atoms with Crippen LogP contribution in [-0.2, 0) is 7.05 Å².